The van der Waals surface area contributed by atoms with Gasteiger partial charge in [-0.1, -0.05) is 0 Å². The van der Waals surface area contributed by atoms with Crippen LogP contribution >= 0.6 is 0 Å². The van der Waals surface area contributed by atoms with Crippen molar-refractivity contribution in [2.75, 3.05) is 32.4 Å². The van der Waals surface area contributed by atoms with Crippen molar-refractivity contribution in [2.24, 2.45) is 0 Å². The fourth-order valence-electron chi connectivity index (χ4n) is 2.01. The molecule has 0 aliphatic carbocycles. The smallest absolute Gasteiger partial charge is 0.260 e. The van der Waals surface area contributed by atoms with Gasteiger partial charge in [0.2, 0.25) is 10.0 Å². The van der Waals surface area contributed by atoms with Crippen LogP contribution in [0.1, 0.15) is 5.56 Å². The summed E-state index contributed by atoms with van der Waals surface area (Å²) in [5, 5.41) is 14.9. The van der Waals surface area contributed by atoms with Crippen LogP contribution in [0.3, 0.4) is 0 Å². The number of aliphatic hydroxyl groups excluding tert-OH is 1. The van der Waals surface area contributed by atoms with E-state index in [-0.39, 0.29) is 36.8 Å². The molecule has 0 spiro atoms. The number of rotatable bonds is 4. The minimum absolute atomic E-state index is 0.0687. The molecule has 20 heavy (non-hydrogen) atoms. The Morgan fingerprint density at radius 2 is 1.75 bits per heavy atom. The summed E-state index contributed by atoms with van der Waals surface area (Å²) in [4.78, 5) is 0. The zero-order valence-electron chi connectivity index (χ0n) is 10.9. The van der Waals surface area contributed by atoms with Crippen molar-refractivity contribution in [2.45, 2.75) is 11.6 Å². The SMILES string of the molecule is CS(=O)(=O)N1CCN(S(=O)(=O)c2[nH]ncc2CO)CC1. The monoisotopic (exact) mass is 324 g/mol. The van der Waals surface area contributed by atoms with Crippen molar-refractivity contribution in [3.05, 3.63) is 11.8 Å². The molecule has 1 aromatic heterocycles. The van der Waals surface area contributed by atoms with Crippen LogP contribution in [-0.4, -0.2) is 73.2 Å². The topological polar surface area (TPSA) is 124 Å². The minimum atomic E-state index is -3.80. The summed E-state index contributed by atoms with van der Waals surface area (Å²) in [5.41, 5.74) is 0.190. The van der Waals surface area contributed by atoms with Gasteiger partial charge in [0.1, 0.15) is 0 Å². The Labute approximate surface area is 117 Å². The highest BCUT2D eigenvalue weighted by Gasteiger charge is 2.33. The quantitative estimate of drug-likeness (QED) is 0.671. The Bertz CT molecular complexity index is 673. The highest BCUT2D eigenvalue weighted by atomic mass is 32.2. The molecule has 0 saturated carbocycles. The van der Waals surface area contributed by atoms with E-state index >= 15 is 0 Å². The number of hydrogen-bond acceptors (Lipinski definition) is 6. The van der Waals surface area contributed by atoms with Gasteiger partial charge in [0.25, 0.3) is 10.0 Å². The van der Waals surface area contributed by atoms with Crippen LogP contribution in [0, 0.1) is 0 Å². The number of nitrogens with zero attached hydrogens (tertiary/aromatic N) is 3. The summed E-state index contributed by atoms with van der Waals surface area (Å²) in [7, 11) is -7.11. The largest absolute Gasteiger partial charge is 0.392 e. The summed E-state index contributed by atoms with van der Waals surface area (Å²) in [6.45, 7) is -0.0751. The van der Waals surface area contributed by atoms with Crippen LogP contribution in [0.15, 0.2) is 11.2 Å². The minimum Gasteiger partial charge on any atom is -0.392 e. The average molecular weight is 324 g/mol. The number of aromatic nitrogens is 2. The van der Waals surface area contributed by atoms with E-state index < -0.39 is 26.7 Å². The maximum Gasteiger partial charge on any atom is 0.260 e. The molecule has 1 aromatic rings. The summed E-state index contributed by atoms with van der Waals surface area (Å²) >= 11 is 0. The predicted molar refractivity (Wildman–Crippen MR) is 69.7 cm³/mol. The van der Waals surface area contributed by atoms with Crippen molar-refractivity contribution >= 4 is 20.0 Å². The first-order chi connectivity index (χ1) is 9.26. The molecule has 2 rings (SSSR count). The van der Waals surface area contributed by atoms with Gasteiger partial charge >= 0.3 is 0 Å². The van der Waals surface area contributed by atoms with E-state index in [1.165, 1.54) is 14.8 Å². The zero-order chi connectivity index (χ0) is 15.0. The van der Waals surface area contributed by atoms with E-state index in [0.29, 0.717) is 0 Å². The lowest BCUT2D eigenvalue weighted by Gasteiger charge is -2.32. The van der Waals surface area contributed by atoms with Gasteiger partial charge in [-0.2, -0.15) is 13.7 Å². The Balaban J connectivity index is 2.18. The lowest BCUT2D eigenvalue weighted by Crippen LogP contribution is -2.50. The van der Waals surface area contributed by atoms with Crippen LogP contribution in [0.5, 0.6) is 0 Å². The van der Waals surface area contributed by atoms with Crippen molar-refractivity contribution < 1.29 is 21.9 Å². The van der Waals surface area contributed by atoms with Crippen molar-refractivity contribution in [1.82, 2.24) is 18.8 Å². The van der Waals surface area contributed by atoms with Gasteiger partial charge in [-0.05, 0) is 0 Å². The second-order valence-electron chi connectivity index (χ2n) is 4.45. The molecule has 0 aromatic carbocycles. The normalized spacial score (nSPS) is 19.3. The van der Waals surface area contributed by atoms with Crippen LogP contribution < -0.4 is 0 Å². The standard InChI is InChI=1S/C9H16N4O5S2/c1-19(15,16)12-2-4-13(5-3-12)20(17,18)9-8(7-14)6-10-11-9/h6,14H,2-5,7H2,1H3,(H,10,11). The molecule has 0 bridgehead atoms. The molecule has 0 amide bonds. The highest BCUT2D eigenvalue weighted by molar-refractivity contribution is 7.89. The van der Waals surface area contributed by atoms with Crippen LogP contribution in [-0.2, 0) is 26.7 Å². The number of nitrogens with one attached hydrogen (secondary N) is 1. The average Bonchev–Trinajstić information content (AvgIpc) is 2.87. The third-order valence-corrected chi connectivity index (χ3v) is 6.33. The molecule has 9 nitrogen and oxygen atoms in total. The Kier molecular flexibility index (Phi) is 4.16. The molecule has 1 aliphatic rings. The number of H-pyrrole nitrogens is 1. The van der Waals surface area contributed by atoms with Crippen molar-refractivity contribution in [1.29, 1.82) is 0 Å². The molecule has 0 atom stereocenters. The molecule has 2 N–H and O–H groups in total. The van der Waals surface area contributed by atoms with Crippen LogP contribution in [0.4, 0.5) is 0 Å². The van der Waals surface area contributed by atoms with Crippen LogP contribution in [0.25, 0.3) is 0 Å². The second kappa shape index (κ2) is 5.41. The second-order valence-corrected chi connectivity index (χ2v) is 8.31. The van der Waals surface area contributed by atoms with Gasteiger partial charge in [0.15, 0.2) is 5.03 Å². The highest BCUT2D eigenvalue weighted by Crippen LogP contribution is 2.19. The molecule has 0 unspecified atom stereocenters. The number of aromatic amines is 1. The molecule has 1 aliphatic heterocycles. The van der Waals surface area contributed by atoms with E-state index in [9.17, 15) is 16.8 Å². The van der Waals surface area contributed by atoms with Crippen molar-refractivity contribution in [3.63, 3.8) is 0 Å². The predicted octanol–water partition coefficient (Wildman–Crippen LogP) is -1.83. The molecule has 114 valence electrons. The maximum absolute atomic E-state index is 12.4. The lowest BCUT2D eigenvalue weighted by molar-refractivity contribution is 0.268. The number of hydrogen-bond donors (Lipinski definition) is 2. The number of sulfonamides is 2. The Morgan fingerprint density at radius 1 is 1.20 bits per heavy atom. The van der Waals surface area contributed by atoms with Gasteiger partial charge < -0.3 is 5.11 Å². The van der Waals surface area contributed by atoms with Gasteiger partial charge in [0.05, 0.1) is 19.1 Å². The molecule has 0 radical (unpaired) electrons. The fourth-order valence-corrected chi connectivity index (χ4v) is 4.35. The summed E-state index contributed by atoms with van der Waals surface area (Å²) in [5.74, 6) is 0. The Hall–Kier alpha value is -1.01. The summed E-state index contributed by atoms with van der Waals surface area (Å²) in [6, 6.07) is 0. The van der Waals surface area contributed by atoms with Crippen LogP contribution in [0.2, 0.25) is 0 Å². The molecular formula is C9H16N4O5S2. The van der Waals surface area contributed by atoms with E-state index in [1.807, 2.05) is 0 Å². The maximum atomic E-state index is 12.4. The molecule has 1 fully saturated rings. The fraction of sp³-hybridized carbons (Fsp3) is 0.667. The van der Waals surface area contributed by atoms with Gasteiger partial charge in [-0.25, -0.2) is 16.8 Å². The third kappa shape index (κ3) is 2.86. The molecule has 2 heterocycles. The third-order valence-electron chi connectivity index (χ3n) is 3.11. The summed E-state index contributed by atoms with van der Waals surface area (Å²) in [6.07, 6.45) is 2.34. The molecular weight excluding hydrogens is 308 g/mol. The van der Waals surface area contributed by atoms with E-state index in [2.05, 4.69) is 10.2 Å². The number of piperazine rings is 1. The molecule has 1 saturated heterocycles. The number of aliphatic hydroxyl groups is 1. The first-order valence-corrected chi connectivity index (χ1v) is 9.14. The first kappa shape index (κ1) is 15.4. The molecule has 11 heteroatoms. The first-order valence-electron chi connectivity index (χ1n) is 5.85. The zero-order valence-corrected chi connectivity index (χ0v) is 12.5. The van der Waals surface area contributed by atoms with E-state index in [0.717, 1.165) is 6.26 Å². The van der Waals surface area contributed by atoms with Gasteiger partial charge in [-0.15, -0.1) is 0 Å². The van der Waals surface area contributed by atoms with E-state index in [1.54, 1.807) is 0 Å². The lowest BCUT2D eigenvalue weighted by atomic mass is 10.4. The van der Waals surface area contributed by atoms with Gasteiger partial charge in [-0.3, -0.25) is 5.10 Å². The summed E-state index contributed by atoms with van der Waals surface area (Å²) < 4.78 is 49.9. The van der Waals surface area contributed by atoms with E-state index in [4.69, 9.17) is 5.11 Å². The Morgan fingerprint density at radius 3 is 2.25 bits per heavy atom. The van der Waals surface area contributed by atoms with Crippen molar-refractivity contribution in [3.8, 4) is 0 Å². The van der Waals surface area contributed by atoms with Gasteiger partial charge in [0, 0.05) is 31.7 Å².